The molecule has 0 saturated carbocycles. The summed E-state index contributed by atoms with van der Waals surface area (Å²) in [4.78, 5) is 39.8. The topological polar surface area (TPSA) is 117 Å². The number of carbonyl (C=O) groups excluding carboxylic acids is 2. The number of hydrogen-bond acceptors (Lipinski definition) is 5. The van der Waals surface area contributed by atoms with E-state index in [1.54, 1.807) is 24.3 Å². The number of carboxylic acid groups (broad SMARTS) is 1. The summed E-state index contributed by atoms with van der Waals surface area (Å²) in [5.74, 6) is -3.37. The predicted octanol–water partition coefficient (Wildman–Crippen LogP) is 6.23. The fourth-order valence-electron chi connectivity index (χ4n) is 6.31. The van der Waals surface area contributed by atoms with E-state index in [4.69, 9.17) is 27.9 Å². The second-order valence-corrected chi connectivity index (χ2v) is 12.7. The van der Waals surface area contributed by atoms with Gasteiger partial charge in [0.1, 0.15) is 17.0 Å². The van der Waals surface area contributed by atoms with Crippen LogP contribution in [0.2, 0.25) is 10.0 Å². The number of anilines is 2. The molecule has 2 aliphatic heterocycles. The summed E-state index contributed by atoms with van der Waals surface area (Å²) in [6.45, 7) is 6.11. The number of nitrogens with one attached hydrogen (secondary N) is 3. The first-order chi connectivity index (χ1) is 19.7. The lowest BCUT2D eigenvalue weighted by Gasteiger charge is -2.37. The zero-order valence-corrected chi connectivity index (χ0v) is 24.9. The van der Waals surface area contributed by atoms with Gasteiger partial charge < -0.3 is 25.8 Å². The molecular weight excluding hydrogens is 584 g/mol. The molecule has 0 radical (unpaired) electrons. The van der Waals surface area contributed by atoms with Gasteiger partial charge in [-0.25, -0.2) is 9.18 Å². The first kappa shape index (κ1) is 29.8. The Morgan fingerprint density at radius 2 is 1.81 bits per heavy atom. The monoisotopic (exact) mass is 613 g/mol. The SMILES string of the molecule is COc1cc(C(=O)O)ccc1NC(=O)[C@@H]1N[C@@H](CC(C)(C)C)[C@@]2(C(=O)Nc3cc(Cl)ccc32)[C@H]1c1cc(F)cc(Cl)c1. The standard InChI is InChI=1S/C31H30Cl2FN3O5/c1-30(2,3)14-24-31(20-7-6-17(32)13-22(20)36-29(31)41)25(16-9-18(33)12-19(34)10-16)26(37-24)27(38)35-21-8-5-15(28(39)40)11-23(21)42-4/h5-13,24-26,37H,14H2,1-4H3,(H,35,38)(H,36,41)(H,39,40)/t24-,25-,26+,31+/m0/s1. The Bertz CT molecular complexity index is 1590. The third-order valence-electron chi connectivity index (χ3n) is 7.85. The van der Waals surface area contributed by atoms with E-state index < -0.39 is 41.1 Å². The van der Waals surface area contributed by atoms with Gasteiger partial charge in [-0.3, -0.25) is 9.59 Å². The number of benzene rings is 3. The summed E-state index contributed by atoms with van der Waals surface area (Å²) in [6, 6.07) is 11.7. The molecule has 1 fully saturated rings. The third kappa shape index (κ3) is 5.21. The van der Waals surface area contributed by atoms with E-state index >= 15 is 0 Å². The Balaban J connectivity index is 1.69. The third-order valence-corrected chi connectivity index (χ3v) is 8.31. The number of amides is 2. The van der Waals surface area contributed by atoms with Gasteiger partial charge in [0.05, 0.1) is 24.4 Å². The molecular formula is C31H30Cl2FN3O5. The minimum atomic E-state index is -1.33. The highest BCUT2D eigenvalue weighted by atomic mass is 35.5. The molecule has 2 heterocycles. The molecule has 0 bridgehead atoms. The fourth-order valence-corrected chi connectivity index (χ4v) is 6.72. The van der Waals surface area contributed by atoms with E-state index in [1.165, 1.54) is 37.4 Å². The van der Waals surface area contributed by atoms with Crippen molar-refractivity contribution in [1.29, 1.82) is 0 Å². The van der Waals surface area contributed by atoms with Crippen LogP contribution < -0.4 is 20.7 Å². The van der Waals surface area contributed by atoms with Gasteiger partial charge in [-0.05, 0) is 71.5 Å². The molecule has 42 heavy (non-hydrogen) atoms. The lowest BCUT2D eigenvalue weighted by atomic mass is 9.62. The van der Waals surface area contributed by atoms with Crippen LogP contribution in [-0.4, -0.2) is 42.1 Å². The first-order valence-electron chi connectivity index (χ1n) is 13.3. The van der Waals surface area contributed by atoms with E-state index in [0.717, 1.165) is 0 Å². The van der Waals surface area contributed by atoms with E-state index in [0.29, 0.717) is 28.3 Å². The summed E-state index contributed by atoms with van der Waals surface area (Å²) in [7, 11) is 1.36. The van der Waals surface area contributed by atoms with Crippen molar-refractivity contribution >= 4 is 52.4 Å². The Morgan fingerprint density at radius 3 is 2.45 bits per heavy atom. The van der Waals surface area contributed by atoms with Crippen LogP contribution in [0.4, 0.5) is 15.8 Å². The lowest BCUT2D eigenvalue weighted by Crippen LogP contribution is -2.49. The average Bonchev–Trinajstić information content (AvgIpc) is 3.37. The van der Waals surface area contributed by atoms with Crippen molar-refractivity contribution in [1.82, 2.24) is 5.32 Å². The summed E-state index contributed by atoms with van der Waals surface area (Å²) < 4.78 is 20.2. The van der Waals surface area contributed by atoms with Crippen molar-refractivity contribution in [3.05, 3.63) is 87.2 Å². The van der Waals surface area contributed by atoms with E-state index in [2.05, 4.69) is 16.0 Å². The van der Waals surface area contributed by atoms with Crippen LogP contribution in [0.25, 0.3) is 0 Å². The maximum Gasteiger partial charge on any atom is 0.335 e. The molecule has 11 heteroatoms. The van der Waals surface area contributed by atoms with Crippen LogP contribution >= 0.6 is 23.2 Å². The van der Waals surface area contributed by atoms with Crippen molar-refractivity contribution in [3.63, 3.8) is 0 Å². The van der Waals surface area contributed by atoms with Gasteiger partial charge in [0.2, 0.25) is 11.8 Å². The van der Waals surface area contributed by atoms with Crippen molar-refractivity contribution in [3.8, 4) is 5.75 Å². The largest absolute Gasteiger partial charge is 0.495 e. The number of ether oxygens (including phenoxy) is 1. The van der Waals surface area contributed by atoms with Gasteiger partial charge >= 0.3 is 5.97 Å². The molecule has 5 rings (SSSR count). The Labute approximate surface area is 252 Å². The second kappa shape index (κ2) is 10.9. The maximum atomic E-state index is 14.9. The molecule has 4 atom stereocenters. The average molecular weight is 615 g/mol. The van der Waals surface area contributed by atoms with Crippen LogP contribution in [0.5, 0.6) is 5.75 Å². The minimum absolute atomic E-state index is 0.0155. The van der Waals surface area contributed by atoms with Crippen LogP contribution in [0.3, 0.4) is 0 Å². The molecule has 3 aromatic carbocycles. The number of fused-ring (bicyclic) bond motifs is 2. The first-order valence-corrected chi connectivity index (χ1v) is 14.1. The van der Waals surface area contributed by atoms with Gasteiger partial charge in [-0.1, -0.05) is 50.0 Å². The van der Waals surface area contributed by atoms with Crippen molar-refractivity contribution in [2.45, 2.75) is 50.6 Å². The van der Waals surface area contributed by atoms with E-state index in [-0.39, 0.29) is 33.3 Å². The molecule has 3 aromatic rings. The molecule has 1 spiro atoms. The summed E-state index contributed by atoms with van der Waals surface area (Å²) in [5.41, 5.74) is 0.153. The van der Waals surface area contributed by atoms with Crippen LogP contribution in [0, 0.1) is 11.2 Å². The highest BCUT2D eigenvalue weighted by molar-refractivity contribution is 6.31. The van der Waals surface area contributed by atoms with Crippen molar-refractivity contribution in [2.24, 2.45) is 5.41 Å². The highest BCUT2D eigenvalue weighted by Crippen LogP contribution is 2.57. The van der Waals surface area contributed by atoms with Crippen LogP contribution in [0.1, 0.15) is 54.6 Å². The van der Waals surface area contributed by atoms with E-state index in [9.17, 15) is 23.9 Å². The normalized spacial score (nSPS) is 23.0. The van der Waals surface area contributed by atoms with Gasteiger partial charge in [-0.2, -0.15) is 0 Å². The van der Waals surface area contributed by atoms with Crippen molar-refractivity contribution in [2.75, 3.05) is 17.7 Å². The lowest BCUT2D eigenvalue weighted by molar-refractivity contribution is -0.122. The second-order valence-electron chi connectivity index (χ2n) is 11.9. The maximum absolute atomic E-state index is 14.9. The summed E-state index contributed by atoms with van der Waals surface area (Å²) in [5, 5.41) is 19.2. The quantitative estimate of drug-likeness (QED) is 0.262. The number of carbonyl (C=O) groups is 3. The molecule has 8 nitrogen and oxygen atoms in total. The predicted molar refractivity (Wildman–Crippen MR) is 159 cm³/mol. The zero-order valence-electron chi connectivity index (χ0n) is 23.3. The molecule has 220 valence electrons. The molecule has 2 amide bonds. The van der Waals surface area contributed by atoms with Gasteiger partial charge in [0.25, 0.3) is 0 Å². The number of hydrogen-bond donors (Lipinski definition) is 4. The molecule has 1 saturated heterocycles. The Hall–Kier alpha value is -3.66. The minimum Gasteiger partial charge on any atom is -0.495 e. The van der Waals surface area contributed by atoms with E-state index in [1.807, 2.05) is 20.8 Å². The van der Waals surface area contributed by atoms with Crippen molar-refractivity contribution < 1.29 is 28.6 Å². The number of halogens is 3. The van der Waals surface area contributed by atoms with Crippen LogP contribution in [0.15, 0.2) is 54.6 Å². The smallest absolute Gasteiger partial charge is 0.335 e. The molecule has 2 aliphatic rings. The number of aromatic carboxylic acids is 1. The van der Waals surface area contributed by atoms with Crippen LogP contribution in [-0.2, 0) is 15.0 Å². The summed E-state index contributed by atoms with van der Waals surface area (Å²) in [6.07, 6.45) is 0.489. The highest BCUT2D eigenvalue weighted by Gasteiger charge is 2.65. The number of rotatable bonds is 6. The van der Waals surface area contributed by atoms with Gasteiger partial charge in [0, 0.05) is 27.7 Å². The molecule has 0 unspecified atom stereocenters. The number of carboxylic acids is 1. The fraction of sp³-hybridized carbons (Fsp3) is 0.323. The summed E-state index contributed by atoms with van der Waals surface area (Å²) >= 11 is 12.6. The number of methoxy groups -OCH3 is 1. The molecule has 0 aliphatic carbocycles. The van der Waals surface area contributed by atoms with Gasteiger partial charge in [0.15, 0.2) is 0 Å². The molecule has 4 N–H and O–H groups in total. The van der Waals surface area contributed by atoms with Gasteiger partial charge in [-0.15, -0.1) is 0 Å². The molecule has 0 aromatic heterocycles. The zero-order chi connectivity index (χ0) is 30.6. The Kier molecular flexibility index (Phi) is 7.72. The Morgan fingerprint density at radius 1 is 1.07 bits per heavy atom.